The van der Waals surface area contributed by atoms with Crippen LogP contribution in [0.5, 0.6) is 0 Å². The predicted molar refractivity (Wildman–Crippen MR) is 93.1 cm³/mol. The fourth-order valence-electron chi connectivity index (χ4n) is 3.76. The van der Waals surface area contributed by atoms with Crippen molar-refractivity contribution in [1.29, 1.82) is 0 Å². The van der Waals surface area contributed by atoms with Gasteiger partial charge in [-0.2, -0.15) is 5.10 Å². The van der Waals surface area contributed by atoms with Crippen molar-refractivity contribution in [3.8, 4) is 0 Å². The molecule has 2 unspecified atom stereocenters. The number of nitrogens with zero attached hydrogens (tertiary/aromatic N) is 4. The van der Waals surface area contributed by atoms with Crippen LogP contribution >= 0.6 is 0 Å². The average molecular weight is 351 g/mol. The molecular formula is C17H29N5O3. The molecule has 2 aliphatic rings. The number of rotatable bonds is 4. The Morgan fingerprint density at radius 1 is 1.28 bits per heavy atom. The molecule has 2 aliphatic heterocycles. The molecule has 3 heterocycles. The van der Waals surface area contributed by atoms with Crippen LogP contribution in [-0.2, 0) is 30.2 Å². The lowest BCUT2D eigenvalue weighted by Crippen LogP contribution is -2.49. The van der Waals surface area contributed by atoms with E-state index in [1.54, 1.807) is 14.1 Å². The molecule has 0 bridgehead atoms. The Balaban J connectivity index is 1.69. The molecule has 25 heavy (non-hydrogen) atoms. The van der Waals surface area contributed by atoms with E-state index in [1.165, 1.54) is 9.25 Å². The summed E-state index contributed by atoms with van der Waals surface area (Å²) in [6.45, 7) is 5.88. The smallest absolute Gasteiger partial charge is 0.345 e. The molecule has 140 valence electrons. The highest BCUT2D eigenvalue weighted by molar-refractivity contribution is 5.82. The average Bonchev–Trinajstić information content (AvgIpc) is 2.94. The summed E-state index contributed by atoms with van der Waals surface area (Å²) in [7, 11) is 3.32. The van der Waals surface area contributed by atoms with Gasteiger partial charge in [0.25, 0.3) is 0 Å². The first-order chi connectivity index (χ1) is 11.8. The SMILES string of the molecule is Cn1nc(CN2CCCCC(NC3COC(C)(C)C3)C2=O)n(C)c1=O. The van der Waals surface area contributed by atoms with E-state index in [2.05, 4.69) is 24.3 Å². The minimum Gasteiger partial charge on any atom is -0.374 e. The van der Waals surface area contributed by atoms with E-state index >= 15 is 0 Å². The molecule has 0 saturated carbocycles. The van der Waals surface area contributed by atoms with Crippen molar-refractivity contribution < 1.29 is 9.53 Å². The number of ether oxygens (including phenoxy) is 1. The lowest BCUT2D eigenvalue weighted by atomic mass is 10.0. The van der Waals surface area contributed by atoms with Crippen molar-refractivity contribution in [2.45, 2.75) is 63.8 Å². The highest BCUT2D eigenvalue weighted by Gasteiger charge is 2.36. The lowest BCUT2D eigenvalue weighted by Gasteiger charge is -2.26. The Morgan fingerprint density at radius 3 is 2.64 bits per heavy atom. The van der Waals surface area contributed by atoms with Gasteiger partial charge in [0.15, 0.2) is 5.82 Å². The molecule has 1 N–H and O–H groups in total. The van der Waals surface area contributed by atoms with Gasteiger partial charge in [0.05, 0.1) is 24.8 Å². The van der Waals surface area contributed by atoms with Crippen molar-refractivity contribution in [1.82, 2.24) is 24.6 Å². The van der Waals surface area contributed by atoms with Gasteiger partial charge in [0.2, 0.25) is 5.91 Å². The van der Waals surface area contributed by atoms with Crippen molar-refractivity contribution in [3.05, 3.63) is 16.3 Å². The molecule has 0 radical (unpaired) electrons. The summed E-state index contributed by atoms with van der Waals surface area (Å²) in [5.41, 5.74) is -0.297. The maximum atomic E-state index is 13.0. The molecule has 2 saturated heterocycles. The standard InChI is InChI=1S/C17H29N5O3/c1-17(2)9-12(11-25-17)18-13-7-5-6-8-22(15(13)23)10-14-19-21(4)16(24)20(14)3/h12-13,18H,5-11H2,1-4H3. The monoisotopic (exact) mass is 351 g/mol. The molecule has 8 heteroatoms. The van der Waals surface area contributed by atoms with Crippen molar-refractivity contribution in [3.63, 3.8) is 0 Å². The summed E-state index contributed by atoms with van der Waals surface area (Å²) in [4.78, 5) is 26.7. The zero-order valence-electron chi connectivity index (χ0n) is 15.6. The molecular weight excluding hydrogens is 322 g/mol. The minimum atomic E-state index is -0.189. The fraction of sp³-hybridized carbons (Fsp3) is 0.824. The first-order valence-corrected chi connectivity index (χ1v) is 9.04. The number of nitrogens with one attached hydrogen (secondary N) is 1. The van der Waals surface area contributed by atoms with E-state index in [0.717, 1.165) is 25.7 Å². The molecule has 2 atom stereocenters. The topological polar surface area (TPSA) is 81.4 Å². The fourth-order valence-corrected chi connectivity index (χ4v) is 3.76. The normalized spacial score (nSPS) is 26.9. The van der Waals surface area contributed by atoms with Gasteiger partial charge >= 0.3 is 5.69 Å². The predicted octanol–water partition coefficient (Wildman–Crippen LogP) is 0.157. The molecule has 0 spiro atoms. The van der Waals surface area contributed by atoms with Gasteiger partial charge in [0, 0.05) is 26.7 Å². The summed E-state index contributed by atoms with van der Waals surface area (Å²) in [6.07, 6.45) is 3.73. The number of aryl methyl sites for hydroxylation is 1. The van der Waals surface area contributed by atoms with Crippen molar-refractivity contribution >= 4 is 5.91 Å². The van der Waals surface area contributed by atoms with Gasteiger partial charge < -0.3 is 15.0 Å². The maximum Gasteiger partial charge on any atom is 0.345 e. The summed E-state index contributed by atoms with van der Waals surface area (Å²) in [5.74, 6) is 0.715. The number of hydrogen-bond acceptors (Lipinski definition) is 5. The van der Waals surface area contributed by atoms with Crippen LogP contribution < -0.4 is 11.0 Å². The second kappa shape index (κ2) is 6.92. The van der Waals surface area contributed by atoms with Gasteiger partial charge in [0.1, 0.15) is 0 Å². The zero-order chi connectivity index (χ0) is 18.2. The van der Waals surface area contributed by atoms with Gasteiger partial charge in [-0.05, 0) is 39.5 Å². The second-order valence-corrected chi connectivity index (χ2v) is 7.83. The number of aromatic nitrogens is 3. The molecule has 0 aliphatic carbocycles. The molecule has 1 amide bonds. The van der Waals surface area contributed by atoms with Crippen LogP contribution in [0, 0.1) is 0 Å². The Bertz CT molecular complexity index is 693. The van der Waals surface area contributed by atoms with Gasteiger partial charge in [-0.3, -0.25) is 9.36 Å². The molecule has 1 aromatic heterocycles. The van der Waals surface area contributed by atoms with Crippen LogP contribution in [0.15, 0.2) is 4.79 Å². The summed E-state index contributed by atoms with van der Waals surface area (Å²) in [6, 6.07) is 0.0221. The van der Waals surface area contributed by atoms with Crippen LogP contribution in [-0.4, -0.2) is 56.0 Å². The van der Waals surface area contributed by atoms with E-state index in [4.69, 9.17) is 4.74 Å². The number of carbonyl (C=O) groups excluding carboxylic acids is 1. The number of likely N-dealkylation sites (tertiary alicyclic amines) is 1. The Labute approximate surface area is 148 Å². The third kappa shape index (κ3) is 3.95. The third-order valence-electron chi connectivity index (χ3n) is 5.18. The van der Waals surface area contributed by atoms with Crippen LogP contribution in [0.4, 0.5) is 0 Å². The maximum absolute atomic E-state index is 13.0. The largest absolute Gasteiger partial charge is 0.374 e. The lowest BCUT2D eigenvalue weighted by molar-refractivity contribution is -0.133. The van der Waals surface area contributed by atoms with E-state index in [1.807, 2.05) is 4.90 Å². The number of hydrogen-bond donors (Lipinski definition) is 1. The van der Waals surface area contributed by atoms with Crippen LogP contribution in [0.2, 0.25) is 0 Å². The Morgan fingerprint density at radius 2 is 2.04 bits per heavy atom. The molecule has 2 fully saturated rings. The van der Waals surface area contributed by atoms with Gasteiger partial charge in [-0.25, -0.2) is 9.48 Å². The van der Waals surface area contributed by atoms with Crippen molar-refractivity contribution in [2.24, 2.45) is 14.1 Å². The Hall–Kier alpha value is -1.67. The van der Waals surface area contributed by atoms with Crippen LogP contribution in [0.3, 0.4) is 0 Å². The second-order valence-electron chi connectivity index (χ2n) is 7.83. The summed E-state index contributed by atoms with van der Waals surface area (Å²) < 4.78 is 8.60. The van der Waals surface area contributed by atoms with E-state index < -0.39 is 0 Å². The molecule has 0 aromatic carbocycles. The quantitative estimate of drug-likeness (QED) is 0.836. The van der Waals surface area contributed by atoms with Gasteiger partial charge in [-0.1, -0.05) is 0 Å². The molecule has 1 aromatic rings. The first kappa shape index (κ1) is 18.1. The van der Waals surface area contributed by atoms with E-state index in [9.17, 15) is 9.59 Å². The van der Waals surface area contributed by atoms with Crippen LogP contribution in [0.25, 0.3) is 0 Å². The molecule has 8 nitrogen and oxygen atoms in total. The summed E-state index contributed by atoms with van der Waals surface area (Å²) in [5, 5.41) is 7.75. The number of carbonyl (C=O) groups is 1. The highest BCUT2D eigenvalue weighted by Crippen LogP contribution is 2.25. The Kier molecular flexibility index (Phi) is 5.02. The van der Waals surface area contributed by atoms with E-state index in [-0.39, 0.29) is 29.3 Å². The number of amides is 1. The van der Waals surface area contributed by atoms with E-state index in [0.29, 0.717) is 25.5 Å². The van der Waals surface area contributed by atoms with Crippen LogP contribution in [0.1, 0.15) is 45.4 Å². The van der Waals surface area contributed by atoms with Crippen molar-refractivity contribution in [2.75, 3.05) is 13.2 Å². The summed E-state index contributed by atoms with van der Waals surface area (Å²) >= 11 is 0. The zero-order valence-corrected chi connectivity index (χ0v) is 15.6. The third-order valence-corrected chi connectivity index (χ3v) is 5.18. The first-order valence-electron chi connectivity index (χ1n) is 9.04. The van der Waals surface area contributed by atoms with Gasteiger partial charge in [-0.15, -0.1) is 0 Å². The molecule has 3 rings (SSSR count). The minimum absolute atomic E-state index is 0.0975. The highest BCUT2D eigenvalue weighted by atomic mass is 16.5.